The van der Waals surface area contributed by atoms with Gasteiger partial charge in [-0.2, -0.15) is 0 Å². The third-order valence-corrected chi connectivity index (χ3v) is 3.45. The molecule has 1 unspecified atom stereocenters. The molecule has 1 saturated heterocycles. The molecule has 0 saturated carbocycles. The van der Waals surface area contributed by atoms with Crippen LogP contribution in [0.5, 0.6) is 0 Å². The van der Waals surface area contributed by atoms with Gasteiger partial charge in [0, 0.05) is 12.8 Å². The minimum atomic E-state index is -0.773. The van der Waals surface area contributed by atoms with Crippen LogP contribution in [0.3, 0.4) is 0 Å². The average Bonchev–Trinajstić information content (AvgIpc) is 2.48. The highest BCUT2D eigenvalue weighted by Gasteiger charge is 2.34. The third kappa shape index (κ3) is 3.80. The van der Waals surface area contributed by atoms with Gasteiger partial charge in [-0.3, -0.25) is 0 Å². The van der Waals surface area contributed by atoms with Gasteiger partial charge < -0.3 is 14.6 Å². The fraction of sp³-hybridized carbons (Fsp3) is 0.600. The van der Waals surface area contributed by atoms with Crippen molar-refractivity contribution < 1.29 is 14.6 Å². The zero-order valence-electron chi connectivity index (χ0n) is 11.2. The Labute approximate surface area is 109 Å². The van der Waals surface area contributed by atoms with Gasteiger partial charge in [-0.05, 0) is 25.8 Å². The molecule has 3 heteroatoms. The molecule has 0 bridgehead atoms. The predicted molar refractivity (Wildman–Crippen MR) is 70.3 cm³/mol. The van der Waals surface area contributed by atoms with Gasteiger partial charge in [-0.1, -0.05) is 30.3 Å². The van der Waals surface area contributed by atoms with Crippen LogP contribution in [0.1, 0.15) is 32.3 Å². The smallest absolute Gasteiger partial charge is 0.165 e. The zero-order valence-corrected chi connectivity index (χ0v) is 11.2. The predicted octanol–water partition coefficient (Wildman–Crippen LogP) is 2.52. The van der Waals surface area contributed by atoms with Crippen LogP contribution in [-0.2, 0) is 15.9 Å². The molecule has 1 fully saturated rings. The monoisotopic (exact) mass is 250 g/mol. The minimum absolute atomic E-state index is 0.332. The lowest BCUT2D eigenvalue weighted by Gasteiger charge is -2.29. The van der Waals surface area contributed by atoms with Crippen LogP contribution in [-0.4, -0.2) is 29.7 Å². The molecule has 1 aromatic rings. The maximum absolute atomic E-state index is 9.97. The van der Waals surface area contributed by atoms with Crippen LogP contribution in [0.4, 0.5) is 0 Å². The van der Waals surface area contributed by atoms with Crippen molar-refractivity contribution in [3.63, 3.8) is 0 Å². The van der Waals surface area contributed by atoms with E-state index in [1.807, 2.05) is 25.1 Å². The van der Waals surface area contributed by atoms with Crippen LogP contribution in [0.15, 0.2) is 30.3 Å². The summed E-state index contributed by atoms with van der Waals surface area (Å²) in [5.41, 5.74) is 0.506. The molecular formula is C15H22O3. The fourth-order valence-electron chi connectivity index (χ4n) is 2.07. The number of benzene rings is 1. The number of ether oxygens (including phenoxy) is 2. The lowest BCUT2D eigenvalue weighted by molar-refractivity contribution is -0.223. The second-order valence-electron chi connectivity index (χ2n) is 5.50. The van der Waals surface area contributed by atoms with Gasteiger partial charge in [0.1, 0.15) is 0 Å². The number of aliphatic hydroxyl groups is 1. The van der Waals surface area contributed by atoms with Crippen molar-refractivity contribution in [2.24, 2.45) is 0 Å². The first-order valence-corrected chi connectivity index (χ1v) is 6.53. The van der Waals surface area contributed by atoms with Gasteiger partial charge in [-0.25, -0.2) is 0 Å². The number of rotatable bonds is 3. The van der Waals surface area contributed by atoms with Crippen LogP contribution < -0.4 is 0 Å². The highest BCUT2D eigenvalue weighted by Crippen LogP contribution is 2.27. The fourth-order valence-corrected chi connectivity index (χ4v) is 2.07. The first kappa shape index (κ1) is 13.5. The maximum atomic E-state index is 9.97. The van der Waals surface area contributed by atoms with Crippen molar-refractivity contribution in [3.05, 3.63) is 35.9 Å². The van der Waals surface area contributed by atoms with E-state index in [-0.39, 0.29) is 0 Å². The summed E-state index contributed by atoms with van der Waals surface area (Å²) < 4.78 is 11.5. The SMILES string of the molecule is CC1(O)CCO[C@](C)(CCc2ccccc2)OC1. The van der Waals surface area contributed by atoms with Crippen molar-refractivity contribution in [1.82, 2.24) is 0 Å². The summed E-state index contributed by atoms with van der Waals surface area (Å²) in [6, 6.07) is 10.3. The molecule has 1 aromatic carbocycles. The van der Waals surface area contributed by atoms with Crippen molar-refractivity contribution in [1.29, 1.82) is 0 Å². The van der Waals surface area contributed by atoms with Crippen LogP contribution in [0, 0.1) is 0 Å². The van der Waals surface area contributed by atoms with E-state index in [0.29, 0.717) is 19.6 Å². The van der Waals surface area contributed by atoms with Gasteiger partial charge >= 0.3 is 0 Å². The van der Waals surface area contributed by atoms with Crippen LogP contribution in [0.25, 0.3) is 0 Å². The molecule has 0 radical (unpaired) electrons. The first-order valence-electron chi connectivity index (χ1n) is 6.53. The normalized spacial score (nSPS) is 33.1. The Bertz CT molecular complexity index is 375. The van der Waals surface area contributed by atoms with E-state index in [2.05, 4.69) is 12.1 Å². The summed E-state index contributed by atoms with van der Waals surface area (Å²) in [6.45, 7) is 4.62. The Kier molecular flexibility index (Phi) is 4.05. The first-order chi connectivity index (χ1) is 8.49. The molecular weight excluding hydrogens is 228 g/mol. The number of hydrogen-bond donors (Lipinski definition) is 1. The molecule has 3 nitrogen and oxygen atoms in total. The van der Waals surface area contributed by atoms with E-state index >= 15 is 0 Å². The highest BCUT2D eigenvalue weighted by molar-refractivity contribution is 5.14. The van der Waals surface area contributed by atoms with Crippen LogP contribution in [0.2, 0.25) is 0 Å². The molecule has 1 aliphatic heterocycles. The van der Waals surface area contributed by atoms with Gasteiger partial charge in [-0.15, -0.1) is 0 Å². The Morgan fingerprint density at radius 2 is 1.89 bits per heavy atom. The molecule has 2 atom stereocenters. The largest absolute Gasteiger partial charge is 0.388 e. The summed E-state index contributed by atoms with van der Waals surface area (Å²) in [6.07, 6.45) is 2.33. The Morgan fingerprint density at radius 1 is 1.17 bits per heavy atom. The van der Waals surface area contributed by atoms with Crippen molar-refractivity contribution in [2.45, 2.75) is 44.5 Å². The van der Waals surface area contributed by atoms with Gasteiger partial charge in [0.2, 0.25) is 0 Å². The van der Waals surface area contributed by atoms with Crippen LogP contribution >= 0.6 is 0 Å². The summed E-state index contributed by atoms with van der Waals surface area (Å²) in [5, 5.41) is 9.97. The maximum Gasteiger partial charge on any atom is 0.165 e. The molecule has 18 heavy (non-hydrogen) atoms. The molecule has 1 aliphatic rings. The van der Waals surface area contributed by atoms with E-state index in [9.17, 15) is 5.11 Å². The second-order valence-corrected chi connectivity index (χ2v) is 5.50. The topological polar surface area (TPSA) is 38.7 Å². The Hall–Kier alpha value is -0.900. The standard InChI is InChI=1S/C15H22O3/c1-14(16)10-11-17-15(2,18-12-14)9-8-13-6-4-3-5-7-13/h3-7,16H,8-12H2,1-2H3/t14?,15-/m0/s1. The Morgan fingerprint density at radius 3 is 2.61 bits per heavy atom. The Balaban J connectivity index is 1.91. The van der Waals surface area contributed by atoms with Crippen molar-refractivity contribution in [2.75, 3.05) is 13.2 Å². The summed E-state index contributed by atoms with van der Waals surface area (Å²) in [5.74, 6) is -0.587. The van der Waals surface area contributed by atoms with E-state index in [1.54, 1.807) is 6.92 Å². The van der Waals surface area contributed by atoms with Crippen molar-refractivity contribution >= 4 is 0 Å². The molecule has 0 aliphatic carbocycles. The number of aryl methyl sites for hydroxylation is 1. The molecule has 2 rings (SSSR count). The minimum Gasteiger partial charge on any atom is -0.388 e. The lowest BCUT2D eigenvalue weighted by Crippen LogP contribution is -2.35. The molecule has 1 heterocycles. The summed E-state index contributed by atoms with van der Waals surface area (Å²) in [7, 11) is 0. The molecule has 0 spiro atoms. The van der Waals surface area contributed by atoms with E-state index in [1.165, 1.54) is 5.56 Å². The molecule has 0 aromatic heterocycles. The van der Waals surface area contributed by atoms with Crippen molar-refractivity contribution in [3.8, 4) is 0 Å². The average molecular weight is 250 g/mol. The van der Waals surface area contributed by atoms with E-state index in [4.69, 9.17) is 9.47 Å². The van der Waals surface area contributed by atoms with Gasteiger partial charge in [0.05, 0.1) is 18.8 Å². The van der Waals surface area contributed by atoms with Gasteiger partial charge in [0.25, 0.3) is 0 Å². The number of hydrogen-bond acceptors (Lipinski definition) is 3. The van der Waals surface area contributed by atoms with Gasteiger partial charge in [0.15, 0.2) is 5.79 Å². The lowest BCUT2D eigenvalue weighted by atomic mass is 10.0. The molecule has 1 N–H and O–H groups in total. The highest BCUT2D eigenvalue weighted by atomic mass is 16.7. The zero-order chi connectivity index (χ0) is 13.1. The summed E-state index contributed by atoms with van der Waals surface area (Å²) >= 11 is 0. The molecule has 100 valence electrons. The van der Waals surface area contributed by atoms with E-state index in [0.717, 1.165) is 12.8 Å². The summed E-state index contributed by atoms with van der Waals surface area (Å²) in [4.78, 5) is 0. The third-order valence-electron chi connectivity index (χ3n) is 3.45. The van der Waals surface area contributed by atoms with E-state index < -0.39 is 11.4 Å². The second kappa shape index (κ2) is 5.39. The molecule has 0 amide bonds. The quantitative estimate of drug-likeness (QED) is 0.896.